The average Bonchev–Trinajstić information content (AvgIpc) is 3.44. The normalized spacial score (nSPS) is 24.0. The summed E-state index contributed by atoms with van der Waals surface area (Å²) < 4.78 is 11.6. The highest BCUT2D eigenvalue weighted by Crippen LogP contribution is 2.58. The van der Waals surface area contributed by atoms with E-state index in [0.717, 1.165) is 4.90 Å². The number of nitrogens with zero attached hydrogens (tertiary/aromatic N) is 1. The number of imide groups is 1. The maximum atomic E-state index is 14.0. The molecule has 0 bridgehead atoms. The van der Waals surface area contributed by atoms with Crippen LogP contribution in [0.3, 0.4) is 0 Å². The molecular formula is C27H17Cl2NO6. The zero-order chi connectivity index (χ0) is 25.4. The first-order valence-electron chi connectivity index (χ1n) is 11.1. The molecule has 1 aliphatic carbocycles. The van der Waals surface area contributed by atoms with Gasteiger partial charge in [0.1, 0.15) is 5.75 Å². The van der Waals surface area contributed by atoms with Crippen molar-refractivity contribution in [1.82, 2.24) is 0 Å². The Hall–Kier alpha value is -3.52. The first-order valence-corrected chi connectivity index (χ1v) is 11.9. The molecule has 7 nitrogen and oxygen atoms in total. The number of ether oxygens (including phenoxy) is 2. The average molecular weight is 522 g/mol. The van der Waals surface area contributed by atoms with E-state index in [2.05, 4.69) is 0 Å². The lowest BCUT2D eigenvalue weighted by Gasteiger charge is -2.27. The Balaban J connectivity index is 1.56. The Morgan fingerprint density at radius 3 is 2.06 bits per heavy atom. The van der Waals surface area contributed by atoms with E-state index < -0.39 is 46.9 Å². The van der Waals surface area contributed by atoms with E-state index in [9.17, 15) is 19.2 Å². The zero-order valence-electron chi connectivity index (χ0n) is 18.7. The maximum absolute atomic E-state index is 14.0. The molecular weight excluding hydrogens is 505 g/mol. The van der Waals surface area contributed by atoms with Crippen LogP contribution >= 0.6 is 23.2 Å². The van der Waals surface area contributed by atoms with Crippen molar-refractivity contribution >= 4 is 52.3 Å². The number of halogens is 2. The quantitative estimate of drug-likeness (QED) is 0.366. The molecule has 2 aliphatic heterocycles. The third-order valence-electron chi connectivity index (χ3n) is 7.10. The smallest absolute Gasteiger partial charge is 0.241 e. The summed E-state index contributed by atoms with van der Waals surface area (Å²) in [5, 5.41) is 0.742. The summed E-state index contributed by atoms with van der Waals surface area (Å²) >= 11 is 12.2. The molecule has 36 heavy (non-hydrogen) atoms. The van der Waals surface area contributed by atoms with Crippen molar-refractivity contribution in [3.05, 3.63) is 93.5 Å². The maximum Gasteiger partial charge on any atom is 0.241 e. The summed E-state index contributed by atoms with van der Waals surface area (Å²) in [7, 11) is 1.40. The largest absolute Gasteiger partial charge is 0.495 e. The number of rotatable bonds is 3. The van der Waals surface area contributed by atoms with Crippen molar-refractivity contribution in [2.24, 2.45) is 11.8 Å². The molecule has 3 aromatic carbocycles. The number of anilines is 1. The van der Waals surface area contributed by atoms with E-state index >= 15 is 0 Å². The predicted molar refractivity (Wildman–Crippen MR) is 131 cm³/mol. The number of carbonyl (C=O) groups excluding carboxylic acids is 4. The summed E-state index contributed by atoms with van der Waals surface area (Å²) in [6, 6.07) is 17.4. The molecule has 180 valence electrons. The molecule has 0 N–H and O–H groups in total. The minimum absolute atomic E-state index is 0.134. The second-order valence-corrected chi connectivity index (χ2v) is 9.73. The van der Waals surface area contributed by atoms with Crippen LogP contribution < -0.4 is 9.64 Å². The second kappa shape index (κ2) is 8.00. The van der Waals surface area contributed by atoms with E-state index in [1.165, 1.54) is 31.4 Å². The van der Waals surface area contributed by atoms with Gasteiger partial charge in [0, 0.05) is 21.2 Å². The lowest BCUT2D eigenvalue weighted by atomic mass is 9.77. The molecule has 3 aliphatic rings. The fourth-order valence-corrected chi connectivity index (χ4v) is 5.84. The van der Waals surface area contributed by atoms with Gasteiger partial charge in [0.2, 0.25) is 29.0 Å². The third-order valence-corrected chi connectivity index (χ3v) is 7.59. The first-order chi connectivity index (χ1) is 17.3. The molecule has 3 aromatic rings. The third kappa shape index (κ3) is 2.91. The van der Waals surface area contributed by atoms with Crippen LogP contribution in [0.25, 0.3) is 0 Å². The zero-order valence-corrected chi connectivity index (χ0v) is 20.2. The van der Waals surface area contributed by atoms with Gasteiger partial charge < -0.3 is 9.47 Å². The first kappa shape index (κ1) is 22.9. The standard InChI is InChI=1S/C27H17Cl2NO6/c1-35-19-11-10-15(29)12-18(19)30-25(33)20-21(26(30)34)27(36-22(20)13-6-8-14(28)9-7-13)23(31)16-4-2-3-5-17(16)24(27)32/h2-12,20-22H,1H3/t20-,21+,22+/m1/s1. The van der Waals surface area contributed by atoms with Crippen LogP contribution in [0.1, 0.15) is 32.4 Å². The van der Waals surface area contributed by atoms with E-state index in [4.69, 9.17) is 32.7 Å². The SMILES string of the molecule is COc1ccc(Cl)cc1N1C(=O)[C@@H]2[C@@H](C1=O)C1(O[C@H]2c2ccc(Cl)cc2)C(=O)c2ccccc2C1=O. The molecule has 2 amide bonds. The fraction of sp³-hybridized carbons (Fsp3) is 0.185. The van der Waals surface area contributed by atoms with Gasteiger partial charge in [-0.3, -0.25) is 19.2 Å². The van der Waals surface area contributed by atoms with Crippen LogP contribution in [-0.4, -0.2) is 36.1 Å². The lowest BCUT2D eigenvalue weighted by Crippen LogP contribution is -2.51. The predicted octanol–water partition coefficient (Wildman–Crippen LogP) is 4.70. The molecule has 0 aromatic heterocycles. The molecule has 0 unspecified atom stereocenters. The van der Waals surface area contributed by atoms with Gasteiger partial charge in [-0.05, 0) is 35.9 Å². The van der Waals surface area contributed by atoms with Crippen LogP contribution in [0.15, 0.2) is 66.7 Å². The highest BCUT2D eigenvalue weighted by molar-refractivity contribution is 6.37. The summed E-state index contributed by atoms with van der Waals surface area (Å²) in [5.74, 6) is -4.86. The Labute approximate surface area is 215 Å². The number of methoxy groups -OCH3 is 1. The number of fused-ring (bicyclic) bond motifs is 3. The van der Waals surface area contributed by atoms with E-state index in [-0.39, 0.29) is 27.6 Å². The van der Waals surface area contributed by atoms with Crippen molar-refractivity contribution in [3.63, 3.8) is 0 Å². The van der Waals surface area contributed by atoms with Crippen molar-refractivity contribution < 1.29 is 28.7 Å². The van der Waals surface area contributed by atoms with Crippen LogP contribution in [0.4, 0.5) is 5.69 Å². The summed E-state index contributed by atoms with van der Waals surface area (Å²) in [4.78, 5) is 56.5. The van der Waals surface area contributed by atoms with Crippen LogP contribution in [0.5, 0.6) is 5.75 Å². The van der Waals surface area contributed by atoms with Gasteiger partial charge in [0.05, 0.1) is 30.7 Å². The molecule has 1 spiro atoms. The van der Waals surface area contributed by atoms with Gasteiger partial charge in [-0.2, -0.15) is 0 Å². The van der Waals surface area contributed by atoms with Gasteiger partial charge in [-0.25, -0.2) is 4.90 Å². The number of benzene rings is 3. The Kier molecular flexibility index (Phi) is 5.09. The number of hydrogen-bond donors (Lipinski definition) is 0. The molecule has 3 atom stereocenters. The lowest BCUT2D eigenvalue weighted by molar-refractivity contribution is -0.127. The highest BCUT2D eigenvalue weighted by Gasteiger charge is 2.74. The van der Waals surface area contributed by atoms with Gasteiger partial charge in [0.15, 0.2) is 0 Å². The molecule has 2 heterocycles. The topological polar surface area (TPSA) is 90.0 Å². The molecule has 2 fully saturated rings. The van der Waals surface area contributed by atoms with Gasteiger partial charge in [0.25, 0.3) is 0 Å². The molecule has 0 radical (unpaired) electrons. The van der Waals surface area contributed by atoms with Crippen molar-refractivity contribution in [1.29, 1.82) is 0 Å². The summed E-state index contributed by atoms with van der Waals surface area (Å²) in [6.45, 7) is 0. The van der Waals surface area contributed by atoms with Crippen molar-refractivity contribution in [2.75, 3.05) is 12.0 Å². The monoisotopic (exact) mass is 521 g/mol. The summed E-state index contributed by atoms with van der Waals surface area (Å²) in [6.07, 6.45) is -1.04. The molecule has 0 saturated carbocycles. The second-order valence-electron chi connectivity index (χ2n) is 8.86. The minimum Gasteiger partial charge on any atom is -0.495 e. The fourth-order valence-electron chi connectivity index (χ4n) is 5.55. The van der Waals surface area contributed by atoms with E-state index in [1.54, 1.807) is 42.5 Å². The van der Waals surface area contributed by atoms with E-state index in [0.29, 0.717) is 10.6 Å². The van der Waals surface area contributed by atoms with Gasteiger partial charge >= 0.3 is 0 Å². The molecule has 9 heteroatoms. The van der Waals surface area contributed by atoms with E-state index in [1.807, 2.05) is 0 Å². The van der Waals surface area contributed by atoms with Crippen molar-refractivity contribution in [2.45, 2.75) is 11.7 Å². The number of carbonyl (C=O) groups is 4. The van der Waals surface area contributed by atoms with Gasteiger partial charge in [-0.1, -0.05) is 59.6 Å². The van der Waals surface area contributed by atoms with Gasteiger partial charge in [-0.15, -0.1) is 0 Å². The molecule has 2 saturated heterocycles. The highest BCUT2D eigenvalue weighted by atomic mass is 35.5. The Morgan fingerprint density at radius 1 is 0.833 bits per heavy atom. The van der Waals surface area contributed by atoms with Crippen LogP contribution in [0, 0.1) is 11.8 Å². The number of hydrogen-bond acceptors (Lipinski definition) is 6. The molecule has 6 rings (SSSR count). The Morgan fingerprint density at radius 2 is 1.44 bits per heavy atom. The summed E-state index contributed by atoms with van der Waals surface area (Å²) in [5.41, 5.74) is -1.18. The number of ketones is 2. The van der Waals surface area contributed by atoms with Crippen LogP contribution in [-0.2, 0) is 14.3 Å². The number of amides is 2. The number of Topliss-reactive ketones (excluding diaryl/α,β-unsaturated/α-hetero) is 2. The van der Waals surface area contributed by atoms with Crippen LogP contribution in [0.2, 0.25) is 10.0 Å². The minimum atomic E-state index is -2.16. The Bertz CT molecular complexity index is 1450. The van der Waals surface area contributed by atoms with Crippen molar-refractivity contribution in [3.8, 4) is 5.75 Å².